The third kappa shape index (κ3) is 4.98. The largest absolute Gasteiger partial charge is 0.438 e. The van der Waals surface area contributed by atoms with E-state index in [1.807, 2.05) is 61.5 Å². The fraction of sp³-hybridized carbons (Fsp3) is 0.346. The lowest BCUT2D eigenvalue weighted by Gasteiger charge is -2.45. The maximum absolute atomic E-state index is 13.2. The molecule has 1 saturated heterocycles. The van der Waals surface area contributed by atoms with Gasteiger partial charge in [0.25, 0.3) is 5.56 Å². The Balaban J connectivity index is 1.53. The van der Waals surface area contributed by atoms with Gasteiger partial charge in [0.1, 0.15) is 5.60 Å². The van der Waals surface area contributed by atoms with Crippen LogP contribution < -0.4 is 5.56 Å². The Morgan fingerprint density at radius 2 is 1.85 bits per heavy atom. The number of hydrogen-bond donors (Lipinski definition) is 2. The number of H-pyrrole nitrogens is 1. The quantitative estimate of drug-likeness (QED) is 0.584. The Morgan fingerprint density at radius 1 is 1.15 bits per heavy atom. The van der Waals surface area contributed by atoms with Crippen LogP contribution in [0.2, 0.25) is 0 Å². The molecule has 1 aromatic heterocycles. The monoisotopic (exact) mass is 447 g/mol. The first-order valence-corrected chi connectivity index (χ1v) is 11.1. The molecule has 1 aliphatic rings. The summed E-state index contributed by atoms with van der Waals surface area (Å²) in [5, 5.41) is 10.5. The third-order valence-corrected chi connectivity index (χ3v) is 6.12. The molecule has 0 spiro atoms. The molecule has 2 atom stereocenters. The van der Waals surface area contributed by atoms with Crippen LogP contribution in [0.25, 0.3) is 11.3 Å². The fourth-order valence-electron chi connectivity index (χ4n) is 4.50. The highest BCUT2D eigenvalue weighted by Crippen LogP contribution is 2.42. The van der Waals surface area contributed by atoms with Crippen molar-refractivity contribution in [3.05, 3.63) is 88.5 Å². The number of nitrogens with one attached hydrogen (secondary N) is 1. The molecule has 1 unspecified atom stereocenters. The zero-order valence-corrected chi connectivity index (χ0v) is 19.1. The van der Waals surface area contributed by atoms with Gasteiger partial charge in [-0.25, -0.2) is 9.78 Å². The van der Waals surface area contributed by atoms with Crippen molar-refractivity contribution in [1.29, 1.82) is 0 Å². The lowest BCUT2D eigenvalue weighted by Crippen LogP contribution is -2.51. The van der Waals surface area contributed by atoms with Crippen molar-refractivity contribution in [2.24, 2.45) is 0 Å². The first kappa shape index (κ1) is 22.7. The number of aromatic nitrogens is 2. The van der Waals surface area contributed by atoms with Gasteiger partial charge in [-0.3, -0.25) is 4.79 Å². The van der Waals surface area contributed by atoms with Crippen molar-refractivity contribution in [2.45, 2.75) is 50.9 Å². The van der Waals surface area contributed by atoms with Gasteiger partial charge < -0.3 is 19.7 Å². The van der Waals surface area contributed by atoms with Crippen molar-refractivity contribution in [3.63, 3.8) is 0 Å². The third-order valence-electron chi connectivity index (χ3n) is 6.12. The lowest BCUT2D eigenvalue weighted by molar-refractivity contribution is -0.101. The number of ether oxygens (including phenoxy) is 1. The molecule has 0 saturated carbocycles. The van der Waals surface area contributed by atoms with E-state index >= 15 is 0 Å². The minimum atomic E-state index is -0.991. The summed E-state index contributed by atoms with van der Waals surface area (Å²) in [6.45, 7) is 5.95. The molecule has 33 heavy (non-hydrogen) atoms. The summed E-state index contributed by atoms with van der Waals surface area (Å²) < 4.78 is 6.08. The van der Waals surface area contributed by atoms with Crippen LogP contribution in [-0.2, 0) is 10.3 Å². The summed E-state index contributed by atoms with van der Waals surface area (Å²) in [7, 11) is 0. The smallest absolute Gasteiger partial charge is 0.411 e. The highest BCUT2D eigenvalue weighted by atomic mass is 16.6. The van der Waals surface area contributed by atoms with Crippen LogP contribution in [0.3, 0.4) is 0 Å². The zero-order valence-electron chi connectivity index (χ0n) is 19.1. The van der Waals surface area contributed by atoms with E-state index in [-0.39, 0.29) is 11.6 Å². The highest BCUT2D eigenvalue weighted by Gasteiger charge is 2.46. The first-order chi connectivity index (χ1) is 15.7. The van der Waals surface area contributed by atoms with E-state index in [4.69, 9.17) is 4.74 Å². The van der Waals surface area contributed by atoms with Crippen LogP contribution >= 0.6 is 0 Å². The van der Waals surface area contributed by atoms with Gasteiger partial charge in [-0.2, -0.15) is 0 Å². The number of carbonyl (C=O) groups excluding carboxylic acids is 1. The summed E-state index contributed by atoms with van der Waals surface area (Å²) in [4.78, 5) is 32.9. The average molecular weight is 448 g/mol. The molecule has 0 aliphatic carbocycles. The summed E-state index contributed by atoms with van der Waals surface area (Å²) in [5.41, 5.74) is 1.30. The van der Waals surface area contributed by atoms with Crippen LogP contribution in [0.5, 0.6) is 0 Å². The number of nitrogens with zero attached hydrogens (tertiary/aromatic N) is 2. The van der Waals surface area contributed by atoms with E-state index in [1.165, 1.54) is 6.20 Å². The number of aromatic amines is 1. The summed E-state index contributed by atoms with van der Waals surface area (Å²) in [5.74, 6) is 0. The maximum Gasteiger partial charge on any atom is 0.411 e. The van der Waals surface area contributed by atoms with Gasteiger partial charge >= 0.3 is 6.09 Å². The summed E-state index contributed by atoms with van der Waals surface area (Å²) >= 11 is 0. The predicted molar refractivity (Wildman–Crippen MR) is 126 cm³/mol. The van der Waals surface area contributed by atoms with Gasteiger partial charge in [0.2, 0.25) is 0 Å². The van der Waals surface area contributed by atoms with Gasteiger partial charge in [0, 0.05) is 31.1 Å². The molecule has 1 aliphatic heterocycles. The predicted octanol–water partition coefficient (Wildman–Crippen LogP) is 4.40. The molecular formula is C26H29N3O4. The van der Waals surface area contributed by atoms with Crippen LogP contribution in [0.1, 0.15) is 50.8 Å². The van der Waals surface area contributed by atoms with E-state index in [1.54, 1.807) is 24.9 Å². The Morgan fingerprint density at radius 3 is 2.42 bits per heavy atom. The number of benzene rings is 2. The minimum Gasteiger partial charge on any atom is -0.438 e. The van der Waals surface area contributed by atoms with E-state index in [9.17, 15) is 14.7 Å². The molecule has 7 heteroatoms. The second-order valence-electron chi connectivity index (χ2n) is 9.26. The molecule has 172 valence electrons. The average Bonchev–Trinajstić information content (AvgIpc) is 2.79. The molecule has 2 N–H and O–H groups in total. The van der Waals surface area contributed by atoms with Crippen LogP contribution in [0.4, 0.5) is 4.79 Å². The van der Waals surface area contributed by atoms with Gasteiger partial charge in [0.15, 0.2) is 0 Å². The van der Waals surface area contributed by atoms with Gasteiger partial charge in [-0.05, 0) is 31.9 Å². The molecule has 0 bridgehead atoms. The minimum absolute atomic E-state index is 0.189. The number of hydrogen-bond acceptors (Lipinski definition) is 5. The van der Waals surface area contributed by atoms with Crippen molar-refractivity contribution >= 4 is 6.09 Å². The summed E-state index contributed by atoms with van der Waals surface area (Å²) in [6, 6.07) is 17.2. The maximum atomic E-state index is 13.2. The second kappa shape index (κ2) is 8.83. The Labute approximate surface area is 193 Å². The molecule has 1 amide bonds. The number of cyclic esters (lactones) is 1. The first-order valence-electron chi connectivity index (χ1n) is 11.1. The number of amides is 1. The molecule has 7 nitrogen and oxygen atoms in total. The number of carbonyl (C=O) groups is 1. The normalized spacial score (nSPS) is 19.8. The van der Waals surface area contributed by atoms with Crippen LogP contribution in [0, 0.1) is 0 Å². The Kier molecular flexibility index (Phi) is 6.08. The topological polar surface area (TPSA) is 95.5 Å². The van der Waals surface area contributed by atoms with E-state index in [0.29, 0.717) is 25.1 Å². The molecule has 1 fully saturated rings. The van der Waals surface area contributed by atoms with Gasteiger partial charge in [0.05, 0.1) is 23.5 Å². The molecule has 2 heterocycles. The molecule has 0 radical (unpaired) electrons. The number of aliphatic hydroxyl groups is 1. The summed E-state index contributed by atoms with van der Waals surface area (Å²) in [6.07, 6.45) is 3.33. The zero-order chi connectivity index (χ0) is 23.6. The molecule has 4 rings (SSSR count). The number of rotatable bonds is 6. The standard InChI is InChI=1S/C26H29N3O4/c1-18(19-9-11-20(12-10-19)22-15-28-23(30)16-27-22)29-14-13-26(33-24(29)31,17-25(2,3)32)21-7-5-4-6-8-21/h4-12,15-16,18,32H,13-14,17H2,1-3H3,(H,28,30)/t18?,26-/m0/s1. The van der Waals surface area contributed by atoms with Crippen LogP contribution in [-0.4, -0.2) is 38.2 Å². The van der Waals surface area contributed by atoms with Gasteiger partial charge in [-0.1, -0.05) is 54.6 Å². The van der Waals surface area contributed by atoms with E-state index in [0.717, 1.165) is 16.7 Å². The Hall–Kier alpha value is -3.45. The van der Waals surface area contributed by atoms with Crippen molar-refractivity contribution in [1.82, 2.24) is 14.9 Å². The van der Waals surface area contributed by atoms with Crippen molar-refractivity contribution in [3.8, 4) is 11.3 Å². The molecular weight excluding hydrogens is 418 g/mol. The van der Waals surface area contributed by atoms with E-state index in [2.05, 4.69) is 9.97 Å². The van der Waals surface area contributed by atoms with Crippen molar-refractivity contribution < 1.29 is 14.6 Å². The lowest BCUT2D eigenvalue weighted by atomic mass is 9.80. The van der Waals surface area contributed by atoms with E-state index < -0.39 is 17.3 Å². The molecule has 3 aromatic rings. The fourth-order valence-corrected chi connectivity index (χ4v) is 4.50. The molecule has 2 aromatic carbocycles. The highest BCUT2D eigenvalue weighted by molar-refractivity contribution is 5.70. The van der Waals surface area contributed by atoms with Crippen LogP contribution in [0.15, 0.2) is 71.8 Å². The van der Waals surface area contributed by atoms with Gasteiger partial charge in [-0.15, -0.1) is 0 Å². The second-order valence-corrected chi connectivity index (χ2v) is 9.26. The van der Waals surface area contributed by atoms with Crippen molar-refractivity contribution in [2.75, 3.05) is 6.54 Å². The SMILES string of the molecule is CC(c1ccc(-c2c[nH]c(=O)cn2)cc1)N1CC[C@](CC(C)(C)O)(c2ccccc2)OC1=O. The Bertz CT molecular complexity index is 1150.